The second kappa shape index (κ2) is 7.14. The molecule has 1 saturated carbocycles. The largest absolute Gasteiger partial charge is 0.370 e. The smallest absolute Gasteiger partial charge is 0.251 e. The van der Waals surface area contributed by atoms with Crippen LogP contribution in [0.25, 0.3) is 0 Å². The molecule has 1 spiro atoms. The molecule has 152 valence electrons. The summed E-state index contributed by atoms with van der Waals surface area (Å²) in [4.78, 5) is 15.6. The number of hydrogen-bond acceptors (Lipinski definition) is 3. The van der Waals surface area contributed by atoms with E-state index in [-0.39, 0.29) is 11.5 Å². The molecule has 1 aliphatic carbocycles. The van der Waals surface area contributed by atoms with E-state index in [2.05, 4.69) is 23.2 Å². The predicted octanol–water partition coefficient (Wildman–Crippen LogP) is 3.85. The normalized spacial score (nSPS) is 35.3. The van der Waals surface area contributed by atoms with E-state index < -0.39 is 0 Å². The van der Waals surface area contributed by atoms with Crippen molar-refractivity contribution in [2.45, 2.75) is 76.5 Å². The first-order valence-electron chi connectivity index (χ1n) is 11.3. The molecular weight excluding hydrogens is 348 g/mol. The van der Waals surface area contributed by atoms with E-state index >= 15 is 0 Å². The van der Waals surface area contributed by atoms with Gasteiger partial charge in [-0.25, -0.2) is 0 Å². The number of carbonyl (C=O) groups excluding carboxylic acids is 1. The average molecular weight is 383 g/mol. The molecule has 4 nitrogen and oxygen atoms in total. The summed E-state index contributed by atoms with van der Waals surface area (Å²) in [5.41, 5.74) is 3.16. The van der Waals surface area contributed by atoms with Crippen molar-refractivity contribution in [2.75, 3.05) is 19.6 Å². The van der Waals surface area contributed by atoms with Gasteiger partial charge in [-0.05, 0) is 56.7 Å². The monoisotopic (exact) mass is 382 g/mol. The highest BCUT2D eigenvalue weighted by Crippen LogP contribution is 2.55. The van der Waals surface area contributed by atoms with Crippen LogP contribution in [0.3, 0.4) is 0 Å². The predicted molar refractivity (Wildman–Crippen MR) is 111 cm³/mol. The lowest BCUT2D eigenvalue weighted by atomic mass is 9.73. The molecule has 1 aromatic rings. The second-order valence-electron chi connectivity index (χ2n) is 9.71. The molecular formula is C24H34N2O2. The molecule has 1 amide bonds. The van der Waals surface area contributed by atoms with E-state index in [1.165, 1.54) is 57.1 Å². The topological polar surface area (TPSA) is 41.6 Å². The highest BCUT2D eigenvalue weighted by molar-refractivity contribution is 5.95. The van der Waals surface area contributed by atoms with Gasteiger partial charge in [-0.15, -0.1) is 0 Å². The van der Waals surface area contributed by atoms with Gasteiger partial charge in [0, 0.05) is 43.1 Å². The van der Waals surface area contributed by atoms with Crippen molar-refractivity contribution < 1.29 is 9.53 Å². The lowest BCUT2D eigenvalue weighted by Gasteiger charge is -2.32. The number of aryl methyl sites for hydroxylation is 1. The fourth-order valence-electron chi connectivity index (χ4n) is 6.53. The quantitative estimate of drug-likeness (QED) is 0.860. The van der Waals surface area contributed by atoms with Gasteiger partial charge in [0.1, 0.15) is 0 Å². The van der Waals surface area contributed by atoms with Crippen LogP contribution in [0.5, 0.6) is 0 Å². The first-order chi connectivity index (χ1) is 13.6. The summed E-state index contributed by atoms with van der Waals surface area (Å²) < 4.78 is 6.61. The summed E-state index contributed by atoms with van der Waals surface area (Å²) in [6.07, 6.45) is 9.63. The van der Waals surface area contributed by atoms with Gasteiger partial charge in [-0.2, -0.15) is 0 Å². The Bertz CT molecular complexity index is 757. The number of benzene rings is 1. The standard InChI is InChI=1S/C24H34N2O2/c1-16-7-6-10-19(17(16)2)23(27)25-13-20-21-14-26(18-8-4-3-5-9-18)15-24(21)12-11-22(20)28-24/h6-7,10,18,20-22H,3-5,8-9,11-15H2,1-2H3,(H,25,27)/t20-,21+,22+,24+/m0/s1. The highest BCUT2D eigenvalue weighted by Gasteiger charge is 2.63. The van der Waals surface area contributed by atoms with Crippen molar-refractivity contribution in [3.63, 3.8) is 0 Å². The summed E-state index contributed by atoms with van der Waals surface area (Å²) in [7, 11) is 0. The van der Waals surface area contributed by atoms with Gasteiger partial charge in [-0.3, -0.25) is 9.69 Å². The SMILES string of the molecule is Cc1cccc(C(=O)NC[C@H]2[C@H]3CN(C4CCCCC4)C[C@]34CC[C@H]2O4)c1C. The molecule has 3 saturated heterocycles. The van der Waals surface area contributed by atoms with Crippen LogP contribution in [-0.2, 0) is 4.74 Å². The summed E-state index contributed by atoms with van der Waals surface area (Å²) in [5.74, 6) is 1.13. The Balaban J connectivity index is 1.26. The Labute approximate surface area is 169 Å². The third kappa shape index (κ3) is 3.00. The van der Waals surface area contributed by atoms with Crippen LogP contribution in [0.2, 0.25) is 0 Å². The molecule has 4 heteroatoms. The van der Waals surface area contributed by atoms with Crippen LogP contribution in [0.15, 0.2) is 18.2 Å². The number of carbonyl (C=O) groups is 1. The van der Waals surface area contributed by atoms with Crippen molar-refractivity contribution >= 4 is 5.91 Å². The molecule has 0 radical (unpaired) electrons. The molecule has 4 atom stereocenters. The lowest BCUT2D eigenvalue weighted by molar-refractivity contribution is -0.00286. The Hall–Kier alpha value is -1.39. The molecule has 2 bridgehead atoms. The maximum absolute atomic E-state index is 12.8. The van der Waals surface area contributed by atoms with Gasteiger partial charge >= 0.3 is 0 Å². The zero-order valence-corrected chi connectivity index (χ0v) is 17.4. The number of rotatable bonds is 4. The van der Waals surface area contributed by atoms with E-state index in [4.69, 9.17) is 4.74 Å². The molecule has 3 aliphatic heterocycles. The van der Waals surface area contributed by atoms with Crippen molar-refractivity contribution in [2.24, 2.45) is 11.8 Å². The number of ether oxygens (including phenoxy) is 1. The number of nitrogens with one attached hydrogen (secondary N) is 1. The summed E-state index contributed by atoms with van der Waals surface area (Å²) in [6, 6.07) is 6.75. The second-order valence-corrected chi connectivity index (χ2v) is 9.71. The van der Waals surface area contributed by atoms with Gasteiger partial charge in [0.25, 0.3) is 5.91 Å². The lowest BCUT2D eigenvalue weighted by Crippen LogP contribution is -2.42. The van der Waals surface area contributed by atoms with Crippen LogP contribution in [0.4, 0.5) is 0 Å². The zero-order chi connectivity index (χ0) is 19.3. The Morgan fingerprint density at radius 3 is 2.86 bits per heavy atom. The molecule has 28 heavy (non-hydrogen) atoms. The fraction of sp³-hybridized carbons (Fsp3) is 0.708. The molecule has 0 aromatic heterocycles. The maximum Gasteiger partial charge on any atom is 0.251 e. The summed E-state index contributed by atoms with van der Waals surface area (Å²) >= 11 is 0. The number of nitrogens with zero attached hydrogens (tertiary/aromatic N) is 1. The summed E-state index contributed by atoms with van der Waals surface area (Å²) in [6.45, 7) is 7.16. The van der Waals surface area contributed by atoms with E-state index in [0.717, 1.165) is 30.3 Å². The third-order valence-corrected chi connectivity index (χ3v) is 8.25. The van der Waals surface area contributed by atoms with E-state index in [1.54, 1.807) is 0 Å². The van der Waals surface area contributed by atoms with Crippen LogP contribution < -0.4 is 5.32 Å². The van der Waals surface area contributed by atoms with Crippen LogP contribution in [0.1, 0.15) is 66.4 Å². The zero-order valence-electron chi connectivity index (χ0n) is 17.4. The minimum Gasteiger partial charge on any atom is -0.370 e. The summed E-state index contributed by atoms with van der Waals surface area (Å²) in [5, 5.41) is 3.26. The van der Waals surface area contributed by atoms with Gasteiger partial charge in [0.05, 0.1) is 11.7 Å². The first-order valence-corrected chi connectivity index (χ1v) is 11.3. The van der Waals surface area contributed by atoms with E-state index in [9.17, 15) is 4.79 Å². The van der Waals surface area contributed by atoms with E-state index in [1.807, 2.05) is 19.1 Å². The van der Waals surface area contributed by atoms with Gasteiger partial charge in [0.15, 0.2) is 0 Å². The van der Waals surface area contributed by atoms with Crippen LogP contribution in [0, 0.1) is 25.7 Å². The number of amides is 1. The molecule has 1 aromatic carbocycles. The number of fused-ring (bicyclic) bond motifs is 1. The Kier molecular flexibility index (Phi) is 4.75. The van der Waals surface area contributed by atoms with Crippen LogP contribution >= 0.6 is 0 Å². The van der Waals surface area contributed by atoms with Crippen molar-refractivity contribution in [3.05, 3.63) is 34.9 Å². The highest BCUT2D eigenvalue weighted by atomic mass is 16.5. The van der Waals surface area contributed by atoms with Gasteiger partial charge < -0.3 is 10.1 Å². The molecule has 5 rings (SSSR count). The maximum atomic E-state index is 12.8. The van der Waals surface area contributed by atoms with Gasteiger partial charge in [0.2, 0.25) is 0 Å². The Morgan fingerprint density at radius 1 is 1.21 bits per heavy atom. The fourth-order valence-corrected chi connectivity index (χ4v) is 6.53. The number of likely N-dealkylation sites (tertiary alicyclic amines) is 1. The first kappa shape index (κ1) is 18.6. The molecule has 4 aliphatic rings. The van der Waals surface area contributed by atoms with Crippen molar-refractivity contribution in [3.8, 4) is 0 Å². The molecule has 0 unspecified atom stereocenters. The van der Waals surface area contributed by atoms with Crippen molar-refractivity contribution in [1.29, 1.82) is 0 Å². The van der Waals surface area contributed by atoms with Crippen molar-refractivity contribution in [1.82, 2.24) is 10.2 Å². The average Bonchev–Trinajstić information content (AvgIpc) is 3.37. The Morgan fingerprint density at radius 2 is 2.04 bits per heavy atom. The molecule has 3 heterocycles. The number of hydrogen-bond donors (Lipinski definition) is 1. The molecule has 4 fully saturated rings. The minimum atomic E-state index is 0.0696. The molecule has 1 N–H and O–H groups in total. The van der Waals surface area contributed by atoms with E-state index in [0.29, 0.717) is 17.9 Å². The minimum absolute atomic E-state index is 0.0696. The third-order valence-electron chi connectivity index (χ3n) is 8.25. The van der Waals surface area contributed by atoms with Gasteiger partial charge in [-0.1, -0.05) is 31.4 Å². The van der Waals surface area contributed by atoms with Crippen LogP contribution in [-0.4, -0.2) is 48.2 Å².